The van der Waals surface area contributed by atoms with E-state index in [9.17, 15) is 14.4 Å². The Bertz CT molecular complexity index is 612. The smallest absolute Gasteiger partial charge is 0.321 e. The molecule has 0 aromatic carbocycles. The van der Waals surface area contributed by atoms with Crippen LogP contribution in [0.25, 0.3) is 0 Å². The van der Waals surface area contributed by atoms with Crippen molar-refractivity contribution in [2.75, 3.05) is 65.0 Å². The third kappa shape index (κ3) is 18.0. The molecule has 0 saturated carbocycles. The molecular weight excluding hydrogens is 460 g/mol. The molecule has 0 aromatic rings. The first-order chi connectivity index (χ1) is 15.7. The summed E-state index contributed by atoms with van der Waals surface area (Å²) in [4.78, 5) is 34.0. The average molecular weight is 497 g/mol. The Morgan fingerprint density at radius 3 is 2.15 bits per heavy atom. The molecule has 0 spiro atoms. The number of amides is 1. The van der Waals surface area contributed by atoms with Crippen molar-refractivity contribution in [2.45, 2.75) is 17.7 Å². The van der Waals surface area contributed by atoms with Crippen molar-refractivity contribution in [3.63, 3.8) is 0 Å². The van der Waals surface area contributed by atoms with Crippen molar-refractivity contribution in [3.8, 4) is 0 Å². The second-order valence-corrected chi connectivity index (χ2v) is 7.89. The average Bonchev–Trinajstić information content (AvgIpc) is 2.75. The van der Waals surface area contributed by atoms with E-state index in [0.29, 0.717) is 52.7 Å². The molecule has 2 unspecified atom stereocenters. The van der Waals surface area contributed by atoms with Crippen LogP contribution in [-0.2, 0) is 28.6 Å². The summed E-state index contributed by atoms with van der Waals surface area (Å²) in [5, 5.41) is 20.6. The van der Waals surface area contributed by atoms with Crippen LogP contribution in [0.5, 0.6) is 0 Å². The molecule has 1 amide bonds. The van der Waals surface area contributed by atoms with Crippen LogP contribution in [0.4, 0.5) is 0 Å². The third-order valence-corrected chi connectivity index (χ3v) is 5.08. The normalized spacial score (nSPS) is 13.4. The van der Waals surface area contributed by atoms with Gasteiger partial charge in [-0.2, -0.15) is 0 Å². The first-order valence-electron chi connectivity index (χ1n) is 10.2. The fourth-order valence-corrected chi connectivity index (χ4v) is 3.18. The molecule has 15 heteroatoms. The summed E-state index contributed by atoms with van der Waals surface area (Å²) in [6.07, 6.45) is 0.922. The van der Waals surface area contributed by atoms with Crippen LogP contribution in [0.2, 0.25) is 0 Å². The van der Waals surface area contributed by atoms with Crippen LogP contribution in [0.1, 0.15) is 6.42 Å². The van der Waals surface area contributed by atoms with E-state index in [2.05, 4.69) is 5.32 Å². The number of hydrogen-bond donors (Lipinski definition) is 7. The molecule has 0 rings (SSSR count). The Hall–Kier alpha value is -2.14. The Labute approximate surface area is 196 Å². The number of aliphatic carboxylic acids is 2. The number of carbonyl (C=O) groups excluding carboxylic acids is 1. The summed E-state index contributed by atoms with van der Waals surface area (Å²) in [6.45, 7) is 3.26. The number of thioether (sulfide) groups is 1. The van der Waals surface area contributed by atoms with Gasteiger partial charge in [0.1, 0.15) is 6.04 Å². The lowest BCUT2D eigenvalue weighted by atomic mass is 10.3. The maximum Gasteiger partial charge on any atom is 0.321 e. The Morgan fingerprint density at radius 2 is 1.61 bits per heavy atom. The SMILES string of the molecule is NCCOCCOCCOCCN(N)/C=C(\N)CNC(=O)C(CC(=O)O)SCC(N)C(=O)O. The van der Waals surface area contributed by atoms with Gasteiger partial charge in [-0.25, -0.2) is 5.84 Å². The second kappa shape index (κ2) is 19.3. The molecule has 192 valence electrons. The summed E-state index contributed by atoms with van der Waals surface area (Å²) in [6, 6.07) is -1.21. The molecule has 0 aromatic heterocycles. The lowest BCUT2D eigenvalue weighted by Crippen LogP contribution is -2.39. The quantitative estimate of drug-likeness (QED) is 0.0478. The molecule has 11 N–H and O–H groups in total. The summed E-state index contributed by atoms with van der Waals surface area (Å²) in [5.74, 6) is 2.64. The highest BCUT2D eigenvalue weighted by molar-refractivity contribution is 8.00. The van der Waals surface area contributed by atoms with Crippen LogP contribution < -0.4 is 28.4 Å². The number of carboxylic acids is 2. The maximum atomic E-state index is 12.3. The van der Waals surface area contributed by atoms with Crippen molar-refractivity contribution in [3.05, 3.63) is 11.9 Å². The molecule has 0 aliphatic rings. The van der Waals surface area contributed by atoms with E-state index in [1.54, 1.807) is 0 Å². The number of hydrogen-bond acceptors (Lipinski definition) is 12. The summed E-state index contributed by atoms with van der Waals surface area (Å²) >= 11 is 0.851. The highest BCUT2D eigenvalue weighted by Gasteiger charge is 2.24. The number of nitrogens with zero attached hydrogens (tertiary/aromatic N) is 1. The van der Waals surface area contributed by atoms with Gasteiger partial charge in [0.15, 0.2) is 0 Å². The van der Waals surface area contributed by atoms with Crippen molar-refractivity contribution in [1.82, 2.24) is 10.3 Å². The predicted molar refractivity (Wildman–Crippen MR) is 122 cm³/mol. The molecule has 14 nitrogen and oxygen atoms in total. The Balaban J connectivity index is 4.17. The van der Waals surface area contributed by atoms with Crippen molar-refractivity contribution < 1.29 is 38.8 Å². The number of rotatable bonds is 21. The lowest BCUT2D eigenvalue weighted by molar-refractivity contribution is -0.138. The highest BCUT2D eigenvalue weighted by atomic mass is 32.2. The number of nitrogens with two attached hydrogens (primary N) is 4. The van der Waals surface area contributed by atoms with Gasteiger partial charge in [0.25, 0.3) is 0 Å². The van der Waals surface area contributed by atoms with Crippen LogP contribution in [0.15, 0.2) is 11.9 Å². The third-order valence-electron chi connectivity index (χ3n) is 3.75. The number of carbonyl (C=O) groups is 3. The van der Waals surface area contributed by atoms with E-state index in [1.807, 2.05) is 0 Å². The molecule has 2 atom stereocenters. The molecule has 0 saturated heterocycles. The largest absolute Gasteiger partial charge is 0.481 e. The van der Waals surface area contributed by atoms with E-state index in [1.165, 1.54) is 11.2 Å². The van der Waals surface area contributed by atoms with Gasteiger partial charge in [-0.05, 0) is 0 Å². The second-order valence-electron chi connectivity index (χ2n) is 6.65. The van der Waals surface area contributed by atoms with Crippen LogP contribution >= 0.6 is 11.8 Å². The molecule has 33 heavy (non-hydrogen) atoms. The van der Waals surface area contributed by atoms with Gasteiger partial charge in [0.2, 0.25) is 5.91 Å². The maximum absolute atomic E-state index is 12.3. The van der Waals surface area contributed by atoms with Crippen molar-refractivity contribution in [1.29, 1.82) is 0 Å². The first kappa shape index (κ1) is 30.9. The zero-order valence-corrected chi connectivity index (χ0v) is 19.3. The molecule has 0 aliphatic carbocycles. The minimum Gasteiger partial charge on any atom is -0.481 e. The first-order valence-corrected chi connectivity index (χ1v) is 11.2. The number of ether oxygens (including phenoxy) is 3. The number of carboxylic acid groups (broad SMARTS) is 2. The molecular formula is C18H36N6O8S. The number of nitrogens with one attached hydrogen (secondary N) is 1. The topological polar surface area (TPSA) is 239 Å². The van der Waals surface area contributed by atoms with Crippen molar-refractivity contribution in [2.24, 2.45) is 23.0 Å². The zero-order chi connectivity index (χ0) is 25.1. The molecule has 0 fully saturated rings. The van der Waals surface area contributed by atoms with Gasteiger partial charge < -0.3 is 52.0 Å². The van der Waals surface area contributed by atoms with Crippen LogP contribution in [0.3, 0.4) is 0 Å². The zero-order valence-electron chi connectivity index (χ0n) is 18.5. The van der Waals surface area contributed by atoms with E-state index in [0.717, 1.165) is 11.8 Å². The molecule has 0 bridgehead atoms. The molecule has 0 heterocycles. The Kier molecular flexibility index (Phi) is 18.1. The Morgan fingerprint density at radius 1 is 1.03 bits per heavy atom. The summed E-state index contributed by atoms with van der Waals surface area (Å²) < 4.78 is 15.9. The van der Waals surface area contributed by atoms with Gasteiger partial charge >= 0.3 is 11.9 Å². The summed E-state index contributed by atoms with van der Waals surface area (Å²) in [5.41, 5.74) is 16.7. The van der Waals surface area contributed by atoms with Crippen LogP contribution in [-0.4, -0.2) is 109 Å². The number of hydrazine groups is 1. The highest BCUT2D eigenvalue weighted by Crippen LogP contribution is 2.16. The summed E-state index contributed by atoms with van der Waals surface area (Å²) in [7, 11) is 0. The van der Waals surface area contributed by atoms with E-state index in [-0.39, 0.29) is 18.0 Å². The molecule has 0 aliphatic heterocycles. The lowest BCUT2D eigenvalue weighted by Gasteiger charge is -2.17. The van der Waals surface area contributed by atoms with Crippen LogP contribution in [0, 0.1) is 0 Å². The van der Waals surface area contributed by atoms with Gasteiger partial charge in [0.05, 0.1) is 64.4 Å². The standard InChI is InChI=1S/C18H36N6O8S/c19-1-3-30-5-7-32-8-6-31-4-2-24(22)11-13(20)10-23-17(27)15(9-16(25)26)33-12-14(21)18(28)29/h11,14-15H,1-10,12,19-22H2,(H,23,27)(H,25,26)(H,28,29)/b13-11-. The van der Waals surface area contributed by atoms with Gasteiger partial charge in [-0.1, -0.05) is 0 Å². The van der Waals surface area contributed by atoms with E-state index in [4.69, 9.17) is 47.5 Å². The molecule has 0 radical (unpaired) electrons. The van der Waals surface area contributed by atoms with Gasteiger partial charge in [-0.15, -0.1) is 11.8 Å². The van der Waals surface area contributed by atoms with E-state index >= 15 is 0 Å². The minimum absolute atomic E-state index is 0.0743. The fraction of sp³-hybridized carbons (Fsp3) is 0.722. The fourth-order valence-electron chi connectivity index (χ4n) is 2.10. The van der Waals surface area contributed by atoms with Gasteiger partial charge in [-0.3, -0.25) is 14.4 Å². The van der Waals surface area contributed by atoms with E-state index < -0.39 is 35.6 Å². The van der Waals surface area contributed by atoms with Gasteiger partial charge in [0, 0.05) is 24.2 Å². The van der Waals surface area contributed by atoms with Crippen molar-refractivity contribution >= 4 is 29.6 Å². The monoisotopic (exact) mass is 496 g/mol. The predicted octanol–water partition coefficient (Wildman–Crippen LogP) is -2.92. The minimum atomic E-state index is -1.24.